The molecule has 1 aromatic carbocycles. The van der Waals surface area contributed by atoms with Crippen LogP contribution in [0.4, 0.5) is 5.69 Å². The zero-order valence-electron chi connectivity index (χ0n) is 12.2. The van der Waals surface area contributed by atoms with Crippen LogP contribution in [0.3, 0.4) is 0 Å². The molecule has 4 nitrogen and oxygen atoms in total. The lowest BCUT2D eigenvalue weighted by Gasteiger charge is -2.52. The quantitative estimate of drug-likeness (QED) is 0.860. The zero-order valence-corrected chi connectivity index (χ0v) is 12.2. The van der Waals surface area contributed by atoms with Crippen LogP contribution in [0.2, 0.25) is 0 Å². The number of carbonyl (C=O) groups excluding carboxylic acids is 1. The molecule has 0 radical (unpaired) electrons. The third-order valence-electron chi connectivity index (χ3n) is 4.85. The second kappa shape index (κ2) is 4.86. The van der Waals surface area contributed by atoms with Gasteiger partial charge in [0.15, 0.2) is 0 Å². The summed E-state index contributed by atoms with van der Waals surface area (Å²) in [5.74, 6) is 0.561. The average molecular weight is 273 g/mol. The number of likely N-dealkylation sites (tertiary alicyclic amines) is 1. The molecule has 0 bridgehead atoms. The maximum absolute atomic E-state index is 12.4. The number of rotatable bonds is 2. The first-order valence-corrected chi connectivity index (χ1v) is 7.41. The van der Waals surface area contributed by atoms with E-state index < -0.39 is 0 Å². The van der Waals surface area contributed by atoms with E-state index in [1.165, 1.54) is 5.56 Å². The van der Waals surface area contributed by atoms with E-state index in [1.807, 2.05) is 18.2 Å². The van der Waals surface area contributed by atoms with Crippen molar-refractivity contribution in [2.75, 3.05) is 18.4 Å². The summed E-state index contributed by atoms with van der Waals surface area (Å²) in [6, 6.07) is 8.02. The molecule has 0 spiro atoms. The molecule has 1 atom stereocenters. The maximum Gasteiger partial charge on any atom is 0.241 e. The van der Waals surface area contributed by atoms with Gasteiger partial charge in [-0.25, -0.2) is 0 Å². The van der Waals surface area contributed by atoms with E-state index in [1.54, 1.807) is 0 Å². The minimum atomic E-state index is -0.126. The highest BCUT2D eigenvalue weighted by Crippen LogP contribution is 2.31. The highest BCUT2D eigenvalue weighted by molar-refractivity contribution is 5.96. The Morgan fingerprint density at radius 2 is 2.05 bits per heavy atom. The van der Waals surface area contributed by atoms with E-state index in [0.717, 1.165) is 31.6 Å². The maximum atomic E-state index is 12.4. The monoisotopic (exact) mass is 273 g/mol. The third kappa shape index (κ3) is 2.23. The molecule has 0 aliphatic carbocycles. The standard InChI is InChI=1S/C16H23N3O/c1-11(2)16(17)9-19(10-16)14-8-7-12-5-3-4-6-13(12)18-15(14)20/h3-6,11,14H,7-10,17H2,1-2H3,(H,18,20). The van der Waals surface area contributed by atoms with Crippen LogP contribution in [0, 0.1) is 5.92 Å². The summed E-state index contributed by atoms with van der Waals surface area (Å²) in [6.45, 7) is 5.94. The molecule has 3 rings (SSSR count). The van der Waals surface area contributed by atoms with Crippen LogP contribution in [-0.2, 0) is 11.2 Å². The van der Waals surface area contributed by atoms with Crippen molar-refractivity contribution in [2.24, 2.45) is 11.7 Å². The van der Waals surface area contributed by atoms with Gasteiger partial charge in [0.25, 0.3) is 0 Å². The van der Waals surface area contributed by atoms with Crippen LogP contribution < -0.4 is 11.1 Å². The van der Waals surface area contributed by atoms with Gasteiger partial charge in [-0.05, 0) is 30.4 Å². The number of nitrogens with two attached hydrogens (primary N) is 1. The number of aryl methyl sites for hydroxylation is 1. The predicted molar refractivity (Wildman–Crippen MR) is 80.5 cm³/mol. The lowest BCUT2D eigenvalue weighted by Crippen LogP contribution is -2.73. The average Bonchev–Trinajstić information content (AvgIpc) is 2.53. The number of fused-ring (bicyclic) bond motifs is 1. The number of para-hydroxylation sites is 1. The first-order valence-electron chi connectivity index (χ1n) is 7.41. The van der Waals surface area contributed by atoms with Gasteiger partial charge < -0.3 is 11.1 Å². The number of hydrogen-bond acceptors (Lipinski definition) is 3. The lowest BCUT2D eigenvalue weighted by atomic mass is 9.79. The Morgan fingerprint density at radius 1 is 1.35 bits per heavy atom. The van der Waals surface area contributed by atoms with Crippen LogP contribution in [-0.4, -0.2) is 35.5 Å². The van der Waals surface area contributed by atoms with E-state index in [0.29, 0.717) is 5.92 Å². The van der Waals surface area contributed by atoms with Gasteiger partial charge in [0.2, 0.25) is 5.91 Å². The second-order valence-electron chi connectivity index (χ2n) is 6.49. The van der Waals surface area contributed by atoms with E-state index in [4.69, 9.17) is 5.73 Å². The fourth-order valence-corrected chi connectivity index (χ4v) is 3.14. The minimum Gasteiger partial charge on any atom is -0.324 e. The van der Waals surface area contributed by atoms with Crippen LogP contribution in [0.25, 0.3) is 0 Å². The predicted octanol–water partition coefficient (Wildman–Crippen LogP) is 1.61. The smallest absolute Gasteiger partial charge is 0.241 e. The largest absolute Gasteiger partial charge is 0.324 e. The third-order valence-corrected chi connectivity index (χ3v) is 4.85. The van der Waals surface area contributed by atoms with Gasteiger partial charge in [0.1, 0.15) is 0 Å². The lowest BCUT2D eigenvalue weighted by molar-refractivity contribution is -0.125. The normalized spacial score (nSPS) is 25.6. The summed E-state index contributed by atoms with van der Waals surface area (Å²) in [5.41, 5.74) is 8.40. The van der Waals surface area contributed by atoms with E-state index in [-0.39, 0.29) is 17.5 Å². The van der Waals surface area contributed by atoms with Gasteiger partial charge in [-0.3, -0.25) is 9.69 Å². The molecule has 1 fully saturated rings. The molecule has 1 aromatic rings. The zero-order chi connectivity index (χ0) is 14.3. The van der Waals surface area contributed by atoms with Crippen molar-refractivity contribution >= 4 is 11.6 Å². The topological polar surface area (TPSA) is 58.4 Å². The van der Waals surface area contributed by atoms with Gasteiger partial charge in [0.05, 0.1) is 6.04 Å². The summed E-state index contributed by atoms with van der Waals surface area (Å²) in [5, 5.41) is 3.06. The van der Waals surface area contributed by atoms with Crippen molar-refractivity contribution in [2.45, 2.75) is 38.3 Å². The van der Waals surface area contributed by atoms with E-state index >= 15 is 0 Å². The highest BCUT2D eigenvalue weighted by atomic mass is 16.2. The van der Waals surface area contributed by atoms with Crippen molar-refractivity contribution in [1.82, 2.24) is 4.90 Å². The molecule has 1 amide bonds. The number of carbonyl (C=O) groups is 1. The molecule has 108 valence electrons. The number of nitrogens with one attached hydrogen (secondary N) is 1. The van der Waals surface area contributed by atoms with Crippen molar-refractivity contribution in [1.29, 1.82) is 0 Å². The Morgan fingerprint density at radius 3 is 2.75 bits per heavy atom. The summed E-state index contributed by atoms with van der Waals surface area (Å²) < 4.78 is 0. The number of nitrogens with zero attached hydrogens (tertiary/aromatic N) is 1. The first-order chi connectivity index (χ1) is 9.49. The van der Waals surface area contributed by atoms with E-state index in [9.17, 15) is 4.79 Å². The number of anilines is 1. The Hall–Kier alpha value is -1.39. The minimum absolute atomic E-state index is 0.0437. The van der Waals surface area contributed by atoms with Gasteiger partial charge in [-0.2, -0.15) is 0 Å². The van der Waals surface area contributed by atoms with Crippen LogP contribution in [0.15, 0.2) is 24.3 Å². The van der Waals surface area contributed by atoms with Crippen molar-refractivity contribution in [3.63, 3.8) is 0 Å². The van der Waals surface area contributed by atoms with Gasteiger partial charge in [-0.15, -0.1) is 0 Å². The molecule has 2 aliphatic rings. The Balaban J connectivity index is 1.71. The number of hydrogen-bond donors (Lipinski definition) is 2. The Labute approximate surface area is 120 Å². The first kappa shape index (κ1) is 13.6. The molecule has 3 N–H and O–H groups in total. The van der Waals surface area contributed by atoms with Crippen molar-refractivity contribution < 1.29 is 4.79 Å². The summed E-state index contributed by atoms with van der Waals surface area (Å²) in [7, 11) is 0. The molecule has 0 aromatic heterocycles. The Kier molecular flexibility index (Phi) is 3.30. The van der Waals surface area contributed by atoms with Crippen LogP contribution >= 0.6 is 0 Å². The fraction of sp³-hybridized carbons (Fsp3) is 0.562. The van der Waals surface area contributed by atoms with Crippen LogP contribution in [0.1, 0.15) is 25.8 Å². The SMILES string of the molecule is CC(C)C1(N)CN(C2CCc3ccccc3NC2=O)C1. The molecule has 0 saturated carbocycles. The molecule has 2 heterocycles. The van der Waals surface area contributed by atoms with Crippen molar-refractivity contribution in [3.05, 3.63) is 29.8 Å². The highest BCUT2D eigenvalue weighted by Gasteiger charge is 2.46. The molecular formula is C16H23N3O. The van der Waals surface area contributed by atoms with Crippen molar-refractivity contribution in [3.8, 4) is 0 Å². The molecular weight excluding hydrogens is 250 g/mol. The second-order valence-corrected chi connectivity index (χ2v) is 6.49. The van der Waals surface area contributed by atoms with Gasteiger partial charge in [-0.1, -0.05) is 32.0 Å². The van der Waals surface area contributed by atoms with E-state index in [2.05, 4.69) is 30.1 Å². The molecule has 1 unspecified atom stereocenters. The fourth-order valence-electron chi connectivity index (χ4n) is 3.14. The molecule has 2 aliphatic heterocycles. The molecule has 20 heavy (non-hydrogen) atoms. The molecule has 1 saturated heterocycles. The summed E-state index contributed by atoms with van der Waals surface area (Å²) in [4.78, 5) is 14.6. The number of amides is 1. The Bertz CT molecular complexity index is 520. The molecule has 4 heteroatoms. The van der Waals surface area contributed by atoms with Gasteiger partial charge >= 0.3 is 0 Å². The summed E-state index contributed by atoms with van der Waals surface area (Å²) in [6.07, 6.45) is 1.81. The van der Waals surface area contributed by atoms with Crippen LogP contribution in [0.5, 0.6) is 0 Å². The summed E-state index contributed by atoms with van der Waals surface area (Å²) >= 11 is 0. The number of benzene rings is 1. The van der Waals surface area contributed by atoms with Gasteiger partial charge in [0, 0.05) is 24.3 Å².